The summed E-state index contributed by atoms with van der Waals surface area (Å²) >= 11 is 0. The van der Waals surface area contributed by atoms with Crippen LogP contribution in [0.1, 0.15) is 32.8 Å². The van der Waals surface area contributed by atoms with Gasteiger partial charge in [0.15, 0.2) is 6.61 Å². The van der Waals surface area contributed by atoms with Crippen LogP contribution in [-0.2, 0) is 10.2 Å². The van der Waals surface area contributed by atoms with Crippen LogP contribution in [0.2, 0.25) is 0 Å². The average Bonchev–Trinajstić information content (AvgIpc) is 2.93. The first kappa shape index (κ1) is 15.8. The first-order chi connectivity index (χ1) is 9.90. The van der Waals surface area contributed by atoms with Crippen molar-refractivity contribution in [1.29, 1.82) is 0 Å². The van der Waals surface area contributed by atoms with Crippen LogP contribution in [0.4, 0.5) is 0 Å². The monoisotopic (exact) mass is 290 g/mol. The summed E-state index contributed by atoms with van der Waals surface area (Å²) in [6.45, 7) is 8.84. The number of hydrogen-bond donors (Lipinski definition) is 1. The van der Waals surface area contributed by atoms with Crippen LogP contribution in [0.3, 0.4) is 0 Å². The number of carbonyl (C=O) groups is 1. The van der Waals surface area contributed by atoms with Crippen molar-refractivity contribution in [1.82, 2.24) is 4.90 Å². The van der Waals surface area contributed by atoms with E-state index in [-0.39, 0.29) is 17.9 Å². The molecular weight excluding hydrogens is 264 g/mol. The second-order valence-corrected chi connectivity index (χ2v) is 6.79. The molecule has 0 aromatic heterocycles. The molecule has 2 N–H and O–H groups in total. The molecule has 1 fully saturated rings. The molecule has 1 aliphatic rings. The van der Waals surface area contributed by atoms with Gasteiger partial charge >= 0.3 is 0 Å². The van der Waals surface area contributed by atoms with Crippen molar-refractivity contribution >= 4 is 5.91 Å². The Morgan fingerprint density at radius 2 is 2.00 bits per heavy atom. The van der Waals surface area contributed by atoms with Gasteiger partial charge in [-0.15, -0.1) is 0 Å². The Labute approximate surface area is 127 Å². The zero-order valence-electron chi connectivity index (χ0n) is 13.3. The largest absolute Gasteiger partial charge is 0.484 e. The Morgan fingerprint density at radius 1 is 1.33 bits per heavy atom. The van der Waals surface area contributed by atoms with Gasteiger partial charge in [0.05, 0.1) is 0 Å². The van der Waals surface area contributed by atoms with Gasteiger partial charge in [-0.25, -0.2) is 0 Å². The number of rotatable bonds is 4. The highest BCUT2D eigenvalue weighted by molar-refractivity contribution is 5.78. The quantitative estimate of drug-likeness (QED) is 0.924. The van der Waals surface area contributed by atoms with Crippen LogP contribution in [-0.4, -0.2) is 37.0 Å². The van der Waals surface area contributed by atoms with Gasteiger partial charge in [0.25, 0.3) is 5.91 Å². The lowest BCUT2D eigenvalue weighted by Crippen LogP contribution is -2.33. The van der Waals surface area contributed by atoms with Gasteiger partial charge in [-0.2, -0.15) is 0 Å². The number of benzene rings is 1. The molecule has 0 unspecified atom stereocenters. The minimum Gasteiger partial charge on any atom is -0.484 e. The smallest absolute Gasteiger partial charge is 0.260 e. The Morgan fingerprint density at radius 3 is 2.52 bits per heavy atom. The van der Waals surface area contributed by atoms with Crippen molar-refractivity contribution in [2.24, 2.45) is 11.7 Å². The lowest BCUT2D eigenvalue weighted by molar-refractivity contribution is -0.132. The summed E-state index contributed by atoms with van der Waals surface area (Å²) in [6.07, 6.45) is 1.00. The SMILES string of the molecule is CC(C)(C)c1ccc(OCC(=O)N2CC[C@@H](CN)C2)cc1. The summed E-state index contributed by atoms with van der Waals surface area (Å²) in [7, 11) is 0. The molecule has 21 heavy (non-hydrogen) atoms. The fourth-order valence-corrected chi connectivity index (χ4v) is 2.54. The van der Waals surface area contributed by atoms with Crippen LogP contribution in [0.25, 0.3) is 0 Å². The molecule has 0 radical (unpaired) electrons. The maximum absolute atomic E-state index is 12.1. The van der Waals surface area contributed by atoms with Crippen LogP contribution >= 0.6 is 0 Å². The zero-order chi connectivity index (χ0) is 15.5. The van der Waals surface area contributed by atoms with Crippen molar-refractivity contribution in [2.45, 2.75) is 32.6 Å². The molecular formula is C17H26N2O2. The van der Waals surface area contributed by atoms with Gasteiger partial charge in [-0.3, -0.25) is 4.79 Å². The van der Waals surface area contributed by atoms with Gasteiger partial charge in [-0.1, -0.05) is 32.9 Å². The molecule has 0 spiro atoms. The summed E-state index contributed by atoms with van der Waals surface area (Å²) in [5.74, 6) is 1.23. The number of hydrogen-bond acceptors (Lipinski definition) is 3. The van der Waals surface area contributed by atoms with Crippen molar-refractivity contribution in [3.63, 3.8) is 0 Å². The summed E-state index contributed by atoms with van der Waals surface area (Å²) in [5, 5.41) is 0. The summed E-state index contributed by atoms with van der Waals surface area (Å²) in [4.78, 5) is 13.9. The van der Waals surface area contributed by atoms with E-state index in [9.17, 15) is 4.79 Å². The van der Waals surface area contributed by atoms with E-state index in [1.807, 2.05) is 17.0 Å². The number of nitrogens with two attached hydrogens (primary N) is 1. The molecule has 1 aliphatic heterocycles. The Balaban J connectivity index is 1.84. The van der Waals surface area contributed by atoms with Crippen molar-refractivity contribution in [3.05, 3.63) is 29.8 Å². The van der Waals surface area contributed by atoms with Crippen molar-refractivity contribution < 1.29 is 9.53 Å². The Hall–Kier alpha value is -1.55. The first-order valence-corrected chi connectivity index (χ1v) is 7.61. The molecule has 4 nitrogen and oxygen atoms in total. The standard InChI is InChI=1S/C17H26N2O2/c1-17(2,3)14-4-6-15(7-5-14)21-12-16(20)19-9-8-13(10-18)11-19/h4-7,13H,8-12,18H2,1-3H3/t13-/m0/s1. The van der Waals surface area contributed by atoms with E-state index in [4.69, 9.17) is 10.5 Å². The first-order valence-electron chi connectivity index (χ1n) is 7.61. The molecule has 1 heterocycles. The zero-order valence-corrected chi connectivity index (χ0v) is 13.3. The van der Waals surface area contributed by atoms with Crippen LogP contribution < -0.4 is 10.5 Å². The van der Waals surface area contributed by atoms with E-state index in [1.165, 1.54) is 5.56 Å². The van der Waals surface area contributed by atoms with Crippen molar-refractivity contribution in [3.8, 4) is 5.75 Å². The van der Waals surface area contributed by atoms with Gasteiger partial charge < -0.3 is 15.4 Å². The molecule has 1 aromatic carbocycles. The van der Waals surface area contributed by atoms with E-state index in [0.29, 0.717) is 12.5 Å². The molecule has 1 aromatic rings. The van der Waals surface area contributed by atoms with Gasteiger partial charge in [0.1, 0.15) is 5.75 Å². The second kappa shape index (κ2) is 6.48. The fourth-order valence-electron chi connectivity index (χ4n) is 2.54. The summed E-state index contributed by atoms with van der Waals surface area (Å²) in [6, 6.07) is 7.97. The minimum absolute atomic E-state index is 0.0471. The van der Waals surface area contributed by atoms with E-state index in [1.54, 1.807) is 0 Å². The topological polar surface area (TPSA) is 55.6 Å². The lowest BCUT2D eigenvalue weighted by Gasteiger charge is -2.19. The fraction of sp³-hybridized carbons (Fsp3) is 0.588. The Bertz CT molecular complexity index is 477. The molecule has 1 amide bonds. The normalized spacial score (nSPS) is 18.9. The van der Waals surface area contributed by atoms with Gasteiger partial charge in [-0.05, 0) is 42.0 Å². The Kier molecular flexibility index (Phi) is 4.88. The highest BCUT2D eigenvalue weighted by Crippen LogP contribution is 2.24. The number of nitrogens with zero attached hydrogens (tertiary/aromatic N) is 1. The highest BCUT2D eigenvalue weighted by Gasteiger charge is 2.25. The second-order valence-electron chi connectivity index (χ2n) is 6.79. The van der Waals surface area contributed by atoms with E-state index in [2.05, 4.69) is 32.9 Å². The van der Waals surface area contributed by atoms with E-state index >= 15 is 0 Å². The van der Waals surface area contributed by atoms with Crippen LogP contribution in [0.15, 0.2) is 24.3 Å². The van der Waals surface area contributed by atoms with Crippen molar-refractivity contribution in [2.75, 3.05) is 26.2 Å². The molecule has 1 atom stereocenters. The van der Waals surface area contributed by atoms with E-state index in [0.717, 1.165) is 25.3 Å². The number of carbonyl (C=O) groups excluding carboxylic acids is 1. The third-order valence-electron chi connectivity index (χ3n) is 4.05. The maximum atomic E-state index is 12.1. The summed E-state index contributed by atoms with van der Waals surface area (Å²) < 4.78 is 5.59. The lowest BCUT2D eigenvalue weighted by atomic mass is 9.87. The van der Waals surface area contributed by atoms with Crippen LogP contribution in [0, 0.1) is 5.92 Å². The van der Waals surface area contributed by atoms with Gasteiger partial charge in [0, 0.05) is 13.1 Å². The summed E-state index contributed by atoms with van der Waals surface area (Å²) in [5.41, 5.74) is 7.02. The number of likely N-dealkylation sites (tertiary alicyclic amines) is 1. The molecule has 0 saturated carbocycles. The average molecular weight is 290 g/mol. The molecule has 1 saturated heterocycles. The maximum Gasteiger partial charge on any atom is 0.260 e. The van der Waals surface area contributed by atoms with Crippen LogP contribution in [0.5, 0.6) is 5.75 Å². The van der Waals surface area contributed by atoms with E-state index < -0.39 is 0 Å². The highest BCUT2D eigenvalue weighted by atomic mass is 16.5. The minimum atomic E-state index is 0.0471. The molecule has 4 heteroatoms. The molecule has 116 valence electrons. The third kappa shape index (κ3) is 4.21. The third-order valence-corrected chi connectivity index (χ3v) is 4.05. The van der Waals surface area contributed by atoms with Gasteiger partial charge in [0.2, 0.25) is 0 Å². The molecule has 0 bridgehead atoms. The number of ether oxygens (including phenoxy) is 1. The predicted molar refractivity (Wildman–Crippen MR) is 84.4 cm³/mol. The molecule has 0 aliphatic carbocycles. The number of amides is 1. The predicted octanol–water partition coefficient (Wildman–Crippen LogP) is 2.17. The molecule has 2 rings (SSSR count).